The van der Waals surface area contributed by atoms with Crippen molar-refractivity contribution in [1.82, 2.24) is 15.1 Å². The maximum absolute atomic E-state index is 9.15. The van der Waals surface area contributed by atoms with Crippen molar-refractivity contribution in [2.45, 2.75) is 25.9 Å². The van der Waals surface area contributed by atoms with Crippen LogP contribution in [0.15, 0.2) is 48.7 Å². The van der Waals surface area contributed by atoms with E-state index < -0.39 is 0 Å². The van der Waals surface area contributed by atoms with Crippen LogP contribution >= 0.6 is 0 Å². The molecule has 0 radical (unpaired) electrons. The predicted molar refractivity (Wildman–Crippen MR) is 83.3 cm³/mol. The van der Waals surface area contributed by atoms with E-state index >= 15 is 0 Å². The van der Waals surface area contributed by atoms with Crippen LogP contribution in [0.3, 0.4) is 0 Å². The van der Waals surface area contributed by atoms with Crippen LogP contribution in [0.2, 0.25) is 0 Å². The second kappa shape index (κ2) is 6.24. The number of aliphatic hydroxyl groups excluding tert-OH is 1. The van der Waals surface area contributed by atoms with Gasteiger partial charge in [0, 0.05) is 36.9 Å². The maximum Gasteiger partial charge on any atom is 0.0645 e. The molecule has 0 saturated heterocycles. The fourth-order valence-electron chi connectivity index (χ4n) is 2.68. The highest BCUT2D eigenvalue weighted by Crippen LogP contribution is 2.18. The van der Waals surface area contributed by atoms with Crippen LogP contribution in [-0.2, 0) is 6.54 Å². The molecule has 0 fully saturated rings. The van der Waals surface area contributed by atoms with Crippen LogP contribution in [0.25, 0.3) is 5.69 Å². The first-order chi connectivity index (χ1) is 10.3. The zero-order chi connectivity index (χ0) is 14.7. The van der Waals surface area contributed by atoms with Gasteiger partial charge in [-0.3, -0.25) is 0 Å². The quantitative estimate of drug-likeness (QED) is 0.827. The lowest BCUT2D eigenvalue weighted by Crippen LogP contribution is -2.26. The summed E-state index contributed by atoms with van der Waals surface area (Å²) in [5.74, 6) is 0.302. The lowest BCUT2D eigenvalue weighted by atomic mass is 10.1. The fraction of sp³-hybridized carbons (Fsp3) is 0.353. The van der Waals surface area contributed by atoms with Gasteiger partial charge in [-0.2, -0.15) is 5.10 Å². The number of benzene rings is 1. The van der Waals surface area contributed by atoms with Crippen LogP contribution in [0, 0.1) is 12.8 Å². The van der Waals surface area contributed by atoms with E-state index in [0.29, 0.717) is 12.0 Å². The number of hydrogen-bond acceptors (Lipinski definition) is 3. The first-order valence-electron chi connectivity index (χ1n) is 7.39. The Balaban J connectivity index is 1.64. The molecule has 110 valence electrons. The molecule has 0 saturated carbocycles. The van der Waals surface area contributed by atoms with Crippen molar-refractivity contribution in [1.29, 1.82) is 0 Å². The topological polar surface area (TPSA) is 50.1 Å². The van der Waals surface area contributed by atoms with Crippen molar-refractivity contribution in [3.05, 3.63) is 59.9 Å². The summed E-state index contributed by atoms with van der Waals surface area (Å²) >= 11 is 0. The molecule has 0 amide bonds. The van der Waals surface area contributed by atoms with Gasteiger partial charge in [0.2, 0.25) is 0 Å². The molecular formula is C17H21N3O. The Hall–Kier alpha value is -1.91. The summed E-state index contributed by atoms with van der Waals surface area (Å²) < 4.78 is 1.92. The van der Waals surface area contributed by atoms with Crippen LogP contribution < -0.4 is 5.32 Å². The maximum atomic E-state index is 9.15. The van der Waals surface area contributed by atoms with Gasteiger partial charge >= 0.3 is 0 Å². The summed E-state index contributed by atoms with van der Waals surface area (Å²) in [5, 5.41) is 17.2. The molecule has 1 heterocycles. The molecule has 1 aliphatic rings. The molecule has 4 heteroatoms. The molecular weight excluding hydrogens is 262 g/mol. The number of aryl methyl sites for hydroxylation is 1. The third-order valence-electron chi connectivity index (χ3n) is 3.98. The molecule has 2 aromatic rings. The van der Waals surface area contributed by atoms with Crippen LogP contribution in [0.1, 0.15) is 17.7 Å². The Morgan fingerprint density at radius 3 is 2.81 bits per heavy atom. The number of nitrogens with zero attached hydrogens (tertiary/aromatic N) is 2. The van der Waals surface area contributed by atoms with Crippen molar-refractivity contribution in [3.63, 3.8) is 0 Å². The molecule has 2 atom stereocenters. The number of nitrogens with one attached hydrogen (secondary N) is 1. The van der Waals surface area contributed by atoms with Gasteiger partial charge in [-0.25, -0.2) is 4.68 Å². The lowest BCUT2D eigenvalue weighted by Gasteiger charge is -2.11. The highest BCUT2D eigenvalue weighted by Gasteiger charge is 2.18. The Morgan fingerprint density at radius 2 is 2.10 bits per heavy atom. The zero-order valence-electron chi connectivity index (χ0n) is 12.2. The van der Waals surface area contributed by atoms with E-state index in [0.717, 1.165) is 24.3 Å². The highest BCUT2D eigenvalue weighted by atomic mass is 16.3. The van der Waals surface area contributed by atoms with E-state index in [1.165, 1.54) is 5.56 Å². The van der Waals surface area contributed by atoms with Gasteiger partial charge < -0.3 is 10.4 Å². The Kier molecular flexibility index (Phi) is 4.18. The summed E-state index contributed by atoms with van der Waals surface area (Å²) in [4.78, 5) is 0. The minimum absolute atomic E-state index is 0.236. The molecule has 21 heavy (non-hydrogen) atoms. The lowest BCUT2D eigenvalue weighted by molar-refractivity contribution is 0.246. The van der Waals surface area contributed by atoms with Gasteiger partial charge in [0.1, 0.15) is 0 Å². The van der Waals surface area contributed by atoms with Gasteiger partial charge in [-0.05, 0) is 25.5 Å². The zero-order valence-corrected chi connectivity index (χ0v) is 12.2. The van der Waals surface area contributed by atoms with Gasteiger partial charge in [-0.15, -0.1) is 0 Å². The van der Waals surface area contributed by atoms with E-state index in [-0.39, 0.29) is 6.61 Å². The van der Waals surface area contributed by atoms with Crippen molar-refractivity contribution in [2.24, 2.45) is 5.92 Å². The summed E-state index contributed by atoms with van der Waals surface area (Å²) in [7, 11) is 0. The minimum Gasteiger partial charge on any atom is -0.396 e. The minimum atomic E-state index is 0.236. The summed E-state index contributed by atoms with van der Waals surface area (Å²) in [6.45, 7) is 3.07. The van der Waals surface area contributed by atoms with Crippen LogP contribution in [0.4, 0.5) is 0 Å². The molecule has 3 rings (SSSR count). The van der Waals surface area contributed by atoms with Crippen molar-refractivity contribution in [2.75, 3.05) is 6.61 Å². The van der Waals surface area contributed by atoms with Crippen molar-refractivity contribution < 1.29 is 5.11 Å². The van der Waals surface area contributed by atoms with E-state index in [4.69, 9.17) is 5.11 Å². The average molecular weight is 283 g/mol. The third kappa shape index (κ3) is 3.23. The number of aliphatic hydroxyl groups is 1. The van der Waals surface area contributed by atoms with Gasteiger partial charge in [0.25, 0.3) is 0 Å². The Labute approximate surface area is 125 Å². The first-order valence-corrected chi connectivity index (χ1v) is 7.39. The molecule has 0 spiro atoms. The Bertz CT molecular complexity index is 618. The van der Waals surface area contributed by atoms with Crippen LogP contribution in [0.5, 0.6) is 0 Å². The SMILES string of the molecule is Cc1nn(-c2ccccc2)cc1CN[C@@H]1C=C[C@H](CO)C1. The fourth-order valence-corrected chi connectivity index (χ4v) is 2.68. The van der Waals surface area contributed by atoms with Gasteiger partial charge in [0.05, 0.1) is 11.4 Å². The molecule has 0 unspecified atom stereocenters. The number of rotatable bonds is 5. The molecule has 1 aromatic carbocycles. The van der Waals surface area contributed by atoms with E-state index in [1.54, 1.807) is 0 Å². The average Bonchev–Trinajstić information content (AvgIpc) is 3.12. The second-order valence-corrected chi connectivity index (χ2v) is 5.57. The molecule has 4 nitrogen and oxygen atoms in total. The molecule has 1 aliphatic carbocycles. The van der Waals surface area contributed by atoms with E-state index in [2.05, 4.69) is 40.9 Å². The normalized spacial score (nSPS) is 21.0. The van der Waals surface area contributed by atoms with Crippen LogP contribution in [-0.4, -0.2) is 27.5 Å². The molecule has 2 N–H and O–H groups in total. The number of hydrogen-bond donors (Lipinski definition) is 2. The number of para-hydroxylation sites is 1. The van der Waals surface area contributed by atoms with Gasteiger partial charge in [-0.1, -0.05) is 30.4 Å². The first kappa shape index (κ1) is 14.0. The second-order valence-electron chi connectivity index (χ2n) is 5.57. The standard InChI is InChI=1S/C17H21N3O/c1-13-15(10-18-16-8-7-14(9-16)12-21)11-20(19-13)17-5-3-2-4-6-17/h2-8,11,14,16,18,21H,9-10,12H2,1H3/t14-,16+/m0/s1. The van der Waals surface area contributed by atoms with Crippen molar-refractivity contribution >= 4 is 0 Å². The highest BCUT2D eigenvalue weighted by molar-refractivity contribution is 5.32. The molecule has 0 bridgehead atoms. The number of aromatic nitrogens is 2. The van der Waals surface area contributed by atoms with E-state index in [9.17, 15) is 0 Å². The predicted octanol–water partition coefficient (Wildman–Crippen LogP) is 2.21. The van der Waals surface area contributed by atoms with E-state index in [1.807, 2.05) is 29.8 Å². The monoisotopic (exact) mass is 283 g/mol. The summed E-state index contributed by atoms with van der Waals surface area (Å²) in [6, 6.07) is 10.5. The van der Waals surface area contributed by atoms with Crippen molar-refractivity contribution in [3.8, 4) is 5.69 Å². The largest absolute Gasteiger partial charge is 0.396 e. The molecule has 1 aromatic heterocycles. The smallest absolute Gasteiger partial charge is 0.0645 e. The Morgan fingerprint density at radius 1 is 1.29 bits per heavy atom. The summed E-state index contributed by atoms with van der Waals surface area (Å²) in [5.41, 5.74) is 3.33. The molecule has 0 aliphatic heterocycles. The third-order valence-corrected chi connectivity index (χ3v) is 3.98. The van der Waals surface area contributed by atoms with Gasteiger partial charge in [0.15, 0.2) is 0 Å². The summed E-state index contributed by atoms with van der Waals surface area (Å²) in [6.07, 6.45) is 7.30.